The molecule has 1 aromatic rings. The molecule has 2 heteroatoms. The Bertz CT molecular complexity index is 339. The van der Waals surface area contributed by atoms with Gasteiger partial charge in [0.15, 0.2) is 0 Å². The van der Waals surface area contributed by atoms with Gasteiger partial charge in [-0.15, -0.1) is 0 Å². The molecule has 1 saturated carbocycles. The zero-order chi connectivity index (χ0) is 12.8. The summed E-state index contributed by atoms with van der Waals surface area (Å²) in [5.74, 6) is 1.01. The summed E-state index contributed by atoms with van der Waals surface area (Å²) in [6.07, 6.45) is 10.4. The minimum atomic E-state index is 0.271. The molecular weight excluding hydrogens is 222 g/mol. The van der Waals surface area contributed by atoms with E-state index in [1.54, 1.807) is 12.1 Å². The number of rotatable bonds is 3. The Morgan fingerprint density at radius 3 is 2.17 bits per heavy atom. The van der Waals surface area contributed by atoms with Crippen LogP contribution in [-0.4, -0.2) is 11.1 Å². The Labute approximate surface area is 110 Å². The largest absolute Gasteiger partial charge is 0.508 e. The molecule has 100 valence electrons. The average Bonchev–Trinajstić information content (AvgIpc) is 2.31. The van der Waals surface area contributed by atoms with E-state index in [4.69, 9.17) is 5.73 Å². The molecule has 1 fully saturated rings. The van der Waals surface area contributed by atoms with Crippen LogP contribution in [0.3, 0.4) is 0 Å². The first-order valence-electron chi connectivity index (χ1n) is 7.29. The average molecular weight is 247 g/mol. The van der Waals surface area contributed by atoms with Gasteiger partial charge in [-0.25, -0.2) is 0 Å². The second-order valence-corrected chi connectivity index (χ2v) is 5.64. The van der Waals surface area contributed by atoms with E-state index in [2.05, 4.69) is 0 Å². The van der Waals surface area contributed by atoms with Crippen LogP contribution in [0.25, 0.3) is 0 Å². The van der Waals surface area contributed by atoms with Crippen LogP contribution >= 0.6 is 0 Å². The third kappa shape index (κ3) is 4.02. The first-order valence-corrected chi connectivity index (χ1v) is 7.29. The number of hydrogen-bond acceptors (Lipinski definition) is 2. The highest BCUT2D eigenvalue weighted by Crippen LogP contribution is 2.25. The van der Waals surface area contributed by atoms with E-state index in [1.165, 1.54) is 50.5 Å². The number of nitrogens with two attached hydrogens (primary N) is 1. The van der Waals surface area contributed by atoms with Gasteiger partial charge in [-0.05, 0) is 42.9 Å². The molecular formula is C16H25NO. The fourth-order valence-corrected chi connectivity index (χ4v) is 2.99. The van der Waals surface area contributed by atoms with Crippen molar-refractivity contribution in [2.24, 2.45) is 11.7 Å². The summed E-state index contributed by atoms with van der Waals surface area (Å²) in [6, 6.07) is 7.74. The molecule has 0 aliphatic heterocycles. The maximum Gasteiger partial charge on any atom is 0.115 e. The highest BCUT2D eigenvalue weighted by molar-refractivity contribution is 5.26. The lowest BCUT2D eigenvalue weighted by Gasteiger charge is -2.26. The van der Waals surface area contributed by atoms with Gasteiger partial charge in [0.25, 0.3) is 0 Å². The van der Waals surface area contributed by atoms with E-state index in [9.17, 15) is 5.11 Å². The quantitative estimate of drug-likeness (QED) is 0.857. The second-order valence-electron chi connectivity index (χ2n) is 5.64. The summed E-state index contributed by atoms with van der Waals surface area (Å²) in [7, 11) is 0. The topological polar surface area (TPSA) is 46.2 Å². The fourth-order valence-electron chi connectivity index (χ4n) is 2.99. The van der Waals surface area contributed by atoms with E-state index in [0.29, 0.717) is 11.7 Å². The van der Waals surface area contributed by atoms with Crippen molar-refractivity contribution in [3.8, 4) is 5.75 Å². The molecule has 0 radical (unpaired) electrons. The van der Waals surface area contributed by atoms with E-state index < -0.39 is 0 Å². The van der Waals surface area contributed by atoms with Crippen LogP contribution in [0.4, 0.5) is 0 Å². The van der Waals surface area contributed by atoms with E-state index in [-0.39, 0.29) is 6.04 Å². The van der Waals surface area contributed by atoms with Gasteiger partial charge < -0.3 is 10.8 Å². The number of aromatic hydroxyl groups is 1. The third-order valence-electron chi connectivity index (χ3n) is 4.16. The molecule has 0 amide bonds. The van der Waals surface area contributed by atoms with Crippen LogP contribution in [-0.2, 0) is 6.42 Å². The van der Waals surface area contributed by atoms with Crippen molar-refractivity contribution in [2.45, 2.75) is 57.4 Å². The molecule has 2 nitrogen and oxygen atoms in total. The van der Waals surface area contributed by atoms with Gasteiger partial charge in [0.2, 0.25) is 0 Å². The van der Waals surface area contributed by atoms with Crippen molar-refractivity contribution >= 4 is 0 Å². The molecule has 18 heavy (non-hydrogen) atoms. The first-order chi connectivity index (χ1) is 8.75. The lowest BCUT2D eigenvalue weighted by molar-refractivity contribution is 0.322. The molecule has 3 N–H and O–H groups in total. The number of benzene rings is 1. The van der Waals surface area contributed by atoms with Gasteiger partial charge in [0.05, 0.1) is 0 Å². The van der Waals surface area contributed by atoms with Crippen molar-refractivity contribution < 1.29 is 5.11 Å². The van der Waals surface area contributed by atoms with Crippen molar-refractivity contribution in [3.63, 3.8) is 0 Å². The van der Waals surface area contributed by atoms with E-state index in [0.717, 1.165) is 6.42 Å². The highest BCUT2D eigenvalue weighted by Gasteiger charge is 2.18. The van der Waals surface area contributed by atoms with Gasteiger partial charge >= 0.3 is 0 Å². The normalized spacial score (nSPS) is 20.1. The smallest absolute Gasteiger partial charge is 0.115 e. The summed E-state index contributed by atoms with van der Waals surface area (Å²) >= 11 is 0. The highest BCUT2D eigenvalue weighted by atomic mass is 16.3. The van der Waals surface area contributed by atoms with E-state index in [1.807, 2.05) is 12.1 Å². The monoisotopic (exact) mass is 247 g/mol. The Kier molecular flexibility index (Phi) is 5.06. The van der Waals surface area contributed by atoms with Crippen LogP contribution in [0, 0.1) is 5.92 Å². The summed E-state index contributed by atoms with van der Waals surface area (Å²) in [5.41, 5.74) is 7.61. The Morgan fingerprint density at radius 1 is 1.00 bits per heavy atom. The van der Waals surface area contributed by atoms with Crippen LogP contribution < -0.4 is 5.73 Å². The summed E-state index contributed by atoms with van der Waals surface area (Å²) in [6.45, 7) is 0. The molecule has 1 aliphatic rings. The van der Waals surface area contributed by atoms with Crippen molar-refractivity contribution in [1.29, 1.82) is 0 Å². The minimum absolute atomic E-state index is 0.271. The van der Waals surface area contributed by atoms with Gasteiger partial charge in [-0.3, -0.25) is 0 Å². The van der Waals surface area contributed by atoms with Gasteiger partial charge in [0, 0.05) is 6.04 Å². The van der Waals surface area contributed by atoms with Crippen LogP contribution in [0.1, 0.15) is 50.5 Å². The fraction of sp³-hybridized carbons (Fsp3) is 0.625. The molecule has 0 heterocycles. The standard InChI is InChI=1S/C16H25NO/c17-16(12-13-8-10-15(18)11-9-13)14-6-4-2-1-3-5-7-14/h8-11,14,16,18H,1-7,12,17H2. The molecule has 0 aromatic heterocycles. The predicted molar refractivity (Wildman–Crippen MR) is 75.6 cm³/mol. The zero-order valence-electron chi connectivity index (χ0n) is 11.1. The molecule has 0 saturated heterocycles. The second kappa shape index (κ2) is 6.79. The van der Waals surface area contributed by atoms with E-state index >= 15 is 0 Å². The predicted octanol–water partition coefficient (Wildman–Crippen LogP) is 3.62. The minimum Gasteiger partial charge on any atom is -0.508 e. The number of phenolic OH excluding ortho intramolecular Hbond substituents is 1. The molecule has 2 rings (SSSR count). The Morgan fingerprint density at radius 2 is 1.56 bits per heavy atom. The van der Waals surface area contributed by atoms with Crippen LogP contribution in [0.5, 0.6) is 5.75 Å². The lowest BCUT2D eigenvalue weighted by Crippen LogP contribution is -2.32. The molecule has 1 unspecified atom stereocenters. The third-order valence-corrected chi connectivity index (χ3v) is 4.16. The maximum absolute atomic E-state index is 9.28. The van der Waals surface area contributed by atoms with Crippen molar-refractivity contribution in [2.75, 3.05) is 0 Å². The summed E-state index contributed by atoms with van der Waals surface area (Å²) < 4.78 is 0. The Hall–Kier alpha value is -1.02. The van der Waals surface area contributed by atoms with Crippen LogP contribution in [0.2, 0.25) is 0 Å². The van der Waals surface area contributed by atoms with Crippen molar-refractivity contribution in [3.05, 3.63) is 29.8 Å². The van der Waals surface area contributed by atoms with Gasteiger partial charge in [0.1, 0.15) is 5.75 Å². The molecule has 1 atom stereocenters. The summed E-state index contributed by atoms with van der Waals surface area (Å²) in [5, 5.41) is 9.28. The van der Waals surface area contributed by atoms with Gasteiger partial charge in [-0.1, -0.05) is 44.2 Å². The number of phenols is 1. The van der Waals surface area contributed by atoms with Gasteiger partial charge in [-0.2, -0.15) is 0 Å². The Balaban J connectivity index is 1.89. The zero-order valence-corrected chi connectivity index (χ0v) is 11.1. The number of hydrogen-bond donors (Lipinski definition) is 2. The first kappa shape index (κ1) is 13.4. The van der Waals surface area contributed by atoms with Crippen molar-refractivity contribution in [1.82, 2.24) is 0 Å². The molecule has 1 aliphatic carbocycles. The lowest BCUT2D eigenvalue weighted by atomic mass is 9.84. The molecule has 1 aromatic carbocycles. The molecule has 0 bridgehead atoms. The maximum atomic E-state index is 9.28. The molecule has 0 spiro atoms. The SMILES string of the molecule is NC(Cc1ccc(O)cc1)C1CCCCCCC1. The summed E-state index contributed by atoms with van der Waals surface area (Å²) in [4.78, 5) is 0. The van der Waals surface area contributed by atoms with Crippen LogP contribution in [0.15, 0.2) is 24.3 Å².